The third-order valence-electron chi connectivity index (χ3n) is 3.94. The van der Waals surface area contributed by atoms with Gasteiger partial charge < -0.3 is 10.3 Å². The zero-order chi connectivity index (χ0) is 19.0. The molecule has 0 saturated heterocycles. The summed E-state index contributed by atoms with van der Waals surface area (Å²) in [4.78, 5) is 19.3. The molecule has 2 rings (SSSR count). The molecule has 0 aliphatic heterocycles. The van der Waals surface area contributed by atoms with Crippen molar-refractivity contribution in [1.82, 2.24) is 19.6 Å². The predicted octanol–water partition coefficient (Wildman–Crippen LogP) is 2.19. The lowest BCUT2D eigenvalue weighted by Gasteiger charge is -2.21. The molecule has 0 spiro atoms. The fourth-order valence-electron chi connectivity index (χ4n) is 2.61. The van der Waals surface area contributed by atoms with E-state index in [1.807, 2.05) is 13.8 Å². The number of rotatable bonds is 10. The van der Waals surface area contributed by atoms with Gasteiger partial charge in [0.15, 0.2) is 0 Å². The lowest BCUT2D eigenvalue weighted by atomic mass is 10.2. The molecule has 26 heavy (non-hydrogen) atoms. The van der Waals surface area contributed by atoms with E-state index in [9.17, 15) is 13.2 Å². The van der Waals surface area contributed by atoms with E-state index >= 15 is 0 Å². The predicted molar refractivity (Wildman–Crippen MR) is 100 cm³/mol. The maximum Gasteiger partial charge on any atom is 0.251 e. The number of amides is 1. The molecule has 0 fully saturated rings. The van der Waals surface area contributed by atoms with Gasteiger partial charge in [-0.1, -0.05) is 13.8 Å². The van der Waals surface area contributed by atoms with Crippen molar-refractivity contribution in [3.8, 4) is 0 Å². The molecule has 8 heteroatoms. The Balaban J connectivity index is 2.00. The number of sulfonamides is 1. The Morgan fingerprint density at radius 2 is 1.81 bits per heavy atom. The number of hydrogen-bond donors (Lipinski definition) is 2. The minimum absolute atomic E-state index is 0.216. The highest BCUT2D eigenvalue weighted by Crippen LogP contribution is 2.17. The minimum atomic E-state index is -3.52. The summed E-state index contributed by atoms with van der Waals surface area (Å²) in [5, 5.41) is 2.81. The van der Waals surface area contributed by atoms with Crippen molar-refractivity contribution < 1.29 is 13.2 Å². The van der Waals surface area contributed by atoms with Gasteiger partial charge in [0.2, 0.25) is 10.0 Å². The van der Waals surface area contributed by atoms with Crippen LogP contribution in [-0.4, -0.2) is 48.2 Å². The molecule has 0 aliphatic rings. The molecule has 0 bridgehead atoms. The largest absolute Gasteiger partial charge is 0.352 e. The van der Waals surface area contributed by atoms with E-state index in [0.29, 0.717) is 31.6 Å². The maximum absolute atomic E-state index is 12.7. The number of aromatic nitrogens is 2. The first kappa shape index (κ1) is 20.1. The van der Waals surface area contributed by atoms with Crippen LogP contribution in [0.5, 0.6) is 0 Å². The monoisotopic (exact) mass is 378 g/mol. The van der Waals surface area contributed by atoms with Crippen LogP contribution in [0.2, 0.25) is 0 Å². The van der Waals surface area contributed by atoms with Gasteiger partial charge in [0.1, 0.15) is 0 Å². The van der Waals surface area contributed by atoms with Crippen molar-refractivity contribution >= 4 is 15.9 Å². The molecule has 2 N–H and O–H groups in total. The summed E-state index contributed by atoms with van der Waals surface area (Å²) in [6.07, 6.45) is 5.48. The first-order chi connectivity index (χ1) is 12.5. The van der Waals surface area contributed by atoms with Crippen molar-refractivity contribution in [3.05, 3.63) is 48.0 Å². The third-order valence-corrected chi connectivity index (χ3v) is 5.85. The Hall–Kier alpha value is -2.19. The van der Waals surface area contributed by atoms with E-state index in [0.717, 1.165) is 18.5 Å². The normalized spacial score (nSPS) is 11.7. The van der Waals surface area contributed by atoms with Crippen LogP contribution >= 0.6 is 0 Å². The first-order valence-electron chi connectivity index (χ1n) is 8.84. The molecular formula is C18H26N4O3S. The van der Waals surface area contributed by atoms with E-state index in [4.69, 9.17) is 0 Å². The third kappa shape index (κ3) is 5.15. The van der Waals surface area contributed by atoms with Gasteiger partial charge in [0.05, 0.1) is 11.2 Å². The number of carbonyl (C=O) groups excluding carboxylic acids is 1. The number of nitrogens with one attached hydrogen (secondary N) is 2. The summed E-state index contributed by atoms with van der Waals surface area (Å²) < 4.78 is 26.9. The van der Waals surface area contributed by atoms with Gasteiger partial charge >= 0.3 is 0 Å². The first-order valence-corrected chi connectivity index (χ1v) is 10.3. The van der Waals surface area contributed by atoms with E-state index < -0.39 is 10.0 Å². The molecular weight excluding hydrogens is 352 g/mol. The number of H-pyrrole nitrogens is 1. The average molecular weight is 378 g/mol. The van der Waals surface area contributed by atoms with Crippen molar-refractivity contribution in [2.45, 2.75) is 38.0 Å². The highest BCUT2D eigenvalue weighted by atomic mass is 32.2. The van der Waals surface area contributed by atoms with E-state index in [1.54, 1.807) is 24.7 Å². The summed E-state index contributed by atoms with van der Waals surface area (Å²) in [7, 11) is -3.52. The minimum Gasteiger partial charge on any atom is -0.352 e. The molecule has 7 nitrogen and oxygen atoms in total. The van der Waals surface area contributed by atoms with Crippen molar-refractivity contribution in [2.75, 3.05) is 19.6 Å². The lowest BCUT2D eigenvalue weighted by molar-refractivity contribution is 0.0954. The molecule has 1 heterocycles. The highest BCUT2D eigenvalue weighted by molar-refractivity contribution is 7.89. The van der Waals surface area contributed by atoms with Gasteiger partial charge in [0, 0.05) is 43.5 Å². The SMILES string of the molecule is CCCN(CCC)S(=O)(=O)c1ccc(C(=O)NCCc2cnc[nH]2)cc1. The second kappa shape index (κ2) is 9.49. The summed E-state index contributed by atoms with van der Waals surface area (Å²) >= 11 is 0. The van der Waals surface area contributed by atoms with E-state index in [-0.39, 0.29) is 10.8 Å². The summed E-state index contributed by atoms with van der Waals surface area (Å²) in [6, 6.07) is 6.10. The molecule has 0 saturated carbocycles. The molecule has 0 radical (unpaired) electrons. The zero-order valence-electron chi connectivity index (χ0n) is 15.2. The van der Waals surface area contributed by atoms with Crippen LogP contribution in [0.15, 0.2) is 41.7 Å². The number of nitrogens with zero attached hydrogens (tertiary/aromatic N) is 2. The van der Waals surface area contributed by atoms with Gasteiger partial charge in [-0.2, -0.15) is 4.31 Å². The van der Waals surface area contributed by atoms with Gasteiger partial charge in [0.25, 0.3) is 5.91 Å². The average Bonchev–Trinajstić information content (AvgIpc) is 3.15. The number of aromatic amines is 1. The van der Waals surface area contributed by atoms with Crippen LogP contribution in [0.1, 0.15) is 42.7 Å². The number of hydrogen-bond acceptors (Lipinski definition) is 4. The number of benzene rings is 1. The molecule has 1 aromatic heterocycles. The number of imidazole rings is 1. The van der Waals surface area contributed by atoms with Gasteiger partial charge in [-0.05, 0) is 37.1 Å². The van der Waals surface area contributed by atoms with E-state index in [1.165, 1.54) is 16.4 Å². The van der Waals surface area contributed by atoms with E-state index in [2.05, 4.69) is 15.3 Å². The standard InChI is InChI=1S/C18H26N4O3S/c1-3-11-22(12-4-2)26(24,25)17-7-5-15(6-8-17)18(23)20-10-9-16-13-19-14-21-16/h5-8,13-14H,3-4,9-12H2,1-2H3,(H,19,21)(H,20,23). The second-order valence-corrected chi connectivity index (χ2v) is 7.95. The Bertz CT molecular complexity index is 780. The summed E-state index contributed by atoms with van der Waals surface area (Å²) in [5.74, 6) is -0.229. The smallest absolute Gasteiger partial charge is 0.251 e. The summed E-state index contributed by atoms with van der Waals surface area (Å²) in [6.45, 7) is 5.36. The lowest BCUT2D eigenvalue weighted by Crippen LogP contribution is -2.32. The van der Waals surface area contributed by atoms with Crippen LogP contribution in [0.3, 0.4) is 0 Å². The van der Waals surface area contributed by atoms with Crippen LogP contribution in [0.25, 0.3) is 0 Å². The fraction of sp³-hybridized carbons (Fsp3) is 0.444. The Morgan fingerprint density at radius 1 is 1.15 bits per heavy atom. The molecule has 2 aromatic rings. The van der Waals surface area contributed by atoms with Crippen LogP contribution < -0.4 is 5.32 Å². The van der Waals surface area contributed by atoms with Crippen LogP contribution in [-0.2, 0) is 16.4 Å². The van der Waals surface area contributed by atoms with Crippen LogP contribution in [0.4, 0.5) is 0 Å². The molecule has 0 aliphatic carbocycles. The Kier molecular flexibility index (Phi) is 7.35. The van der Waals surface area contributed by atoms with Crippen LogP contribution in [0, 0.1) is 0 Å². The van der Waals surface area contributed by atoms with Gasteiger partial charge in [-0.25, -0.2) is 13.4 Å². The second-order valence-electron chi connectivity index (χ2n) is 6.01. The quantitative estimate of drug-likeness (QED) is 0.662. The molecule has 1 amide bonds. The Morgan fingerprint density at radius 3 is 2.35 bits per heavy atom. The van der Waals surface area contributed by atoms with Crippen molar-refractivity contribution in [2.24, 2.45) is 0 Å². The zero-order valence-corrected chi connectivity index (χ0v) is 16.1. The fourth-order valence-corrected chi connectivity index (χ4v) is 4.24. The van der Waals surface area contributed by atoms with Crippen molar-refractivity contribution in [1.29, 1.82) is 0 Å². The molecule has 0 unspecified atom stereocenters. The highest BCUT2D eigenvalue weighted by Gasteiger charge is 2.23. The molecule has 142 valence electrons. The maximum atomic E-state index is 12.7. The number of carbonyl (C=O) groups is 1. The molecule has 0 atom stereocenters. The summed E-state index contributed by atoms with van der Waals surface area (Å²) in [5.41, 5.74) is 1.38. The molecule has 1 aromatic carbocycles. The topological polar surface area (TPSA) is 95.2 Å². The van der Waals surface area contributed by atoms with Crippen molar-refractivity contribution in [3.63, 3.8) is 0 Å². The Labute approximate surface area is 154 Å². The van der Waals surface area contributed by atoms with Gasteiger partial charge in [-0.3, -0.25) is 4.79 Å². The van der Waals surface area contributed by atoms with Gasteiger partial charge in [-0.15, -0.1) is 0 Å².